The lowest BCUT2D eigenvalue weighted by Crippen LogP contribution is -2.39. The molecule has 0 spiro atoms. The van der Waals surface area contributed by atoms with Gasteiger partial charge in [0.2, 0.25) is 10.0 Å². The third kappa shape index (κ3) is 2.70. The molecule has 1 aromatic carbocycles. The molecule has 0 radical (unpaired) electrons. The Morgan fingerprint density at radius 2 is 2.12 bits per heavy atom. The molecule has 2 N–H and O–H groups in total. The zero-order valence-corrected chi connectivity index (χ0v) is 11.8. The summed E-state index contributed by atoms with van der Waals surface area (Å²) >= 11 is 3.26. The topological polar surface area (TPSA) is 66.4 Å². The number of aliphatic hydroxyl groups is 1. The normalized spacial score (nSPS) is 18.1. The number of hydrogen-bond acceptors (Lipinski definition) is 3. The van der Waals surface area contributed by atoms with E-state index in [1.165, 1.54) is 0 Å². The Kier molecular flexibility index (Phi) is 3.33. The second kappa shape index (κ2) is 4.35. The van der Waals surface area contributed by atoms with Gasteiger partial charge in [0.1, 0.15) is 0 Å². The highest BCUT2D eigenvalue weighted by molar-refractivity contribution is 9.10. The maximum Gasteiger partial charge on any atom is 0.241 e. The SMILES string of the molecule is Cc1ccc(Br)cc1S(=O)(=O)NC1(CO)CC1. The van der Waals surface area contributed by atoms with E-state index < -0.39 is 15.6 Å². The van der Waals surface area contributed by atoms with Crippen LogP contribution in [0.25, 0.3) is 0 Å². The van der Waals surface area contributed by atoms with E-state index in [0.717, 1.165) is 4.47 Å². The molecule has 0 unspecified atom stereocenters. The summed E-state index contributed by atoms with van der Waals surface area (Å²) in [6.45, 7) is 1.60. The molecule has 0 saturated heterocycles. The quantitative estimate of drug-likeness (QED) is 0.885. The third-order valence-corrected chi connectivity index (χ3v) is 5.16. The van der Waals surface area contributed by atoms with Crippen LogP contribution in [-0.4, -0.2) is 25.7 Å². The Labute approximate surface area is 109 Å². The van der Waals surface area contributed by atoms with E-state index in [4.69, 9.17) is 5.11 Å². The molecule has 0 aliphatic heterocycles. The van der Waals surface area contributed by atoms with Crippen LogP contribution in [0, 0.1) is 6.92 Å². The van der Waals surface area contributed by atoms with Crippen LogP contribution >= 0.6 is 15.9 Å². The standard InChI is InChI=1S/C11H14BrNO3S/c1-8-2-3-9(12)6-10(8)17(15,16)13-11(7-14)4-5-11/h2-3,6,13-14H,4-5,7H2,1H3. The molecule has 0 bridgehead atoms. The maximum absolute atomic E-state index is 12.2. The van der Waals surface area contributed by atoms with E-state index in [9.17, 15) is 8.42 Å². The Hall–Kier alpha value is -0.430. The lowest BCUT2D eigenvalue weighted by molar-refractivity contribution is 0.246. The number of aryl methyl sites for hydroxylation is 1. The molecule has 0 aromatic heterocycles. The molecule has 94 valence electrons. The van der Waals surface area contributed by atoms with Gasteiger partial charge in [-0.05, 0) is 37.5 Å². The van der Waals surface area contributed by atoms with E-state index >= 15 is 0 Å². The summed E-state index contributed by atoms with van der Waals surface area (Å²) < 4.78 is 27.7. The smallest absolute Gasteiger partial charge is 0.241 e. The Morgan fingerprint density at radius 1 is 1.47 bits per heavy atom. The van der Waals surface area contributed by atoms with Crippen LogP contribution in [0.3, 0.4) is 0 Å². The summed E-state index contributed by atoms with van der Waals surface area (Å²) in [5.41, 5.74) is 0.0579. The highest BCUT2D eigenvalue weighted by Gasteiger charge is 2.45. The number of rotatable bonds is 4. The van der Waals surface area contributed by atoms with Crippen LogP contribution in [0.5, 0.6) is 0 Å². The summed E-state index contributed by atoms with van der Waals surface area (Å²) in [6, 6.07) is 5.12. The molecule has 17 heavy (non-hydrogen) atoms. The summed E-state index contributed by atoms with van der Waals surface area (Å²) in [4.78, 5) is 0.256. The van der Waals surface area contributed by atoms with Gasteiger partial charge in [-0.15, -0.1) is 0 Å². The summed E-state index contributed by atoms with van der Waals surface area (Å²) in [5, 5.41) is 9.15. The first-order valence-electron chi connectivity index (χ1n) is 5.30. The van der Waals surface area contributed by atoms with Gasteiger partial charge in [0.25, 0.3) is 0 Å². The lowest BCUT2D eigenvalue weighted by atomic mass is 10.2. The van der Waals surface area contributed by atoms with Crippen molar-refractivity contribution in [3.05, 3.63) is 28.2 Å². The average Bonchev–Trinajstić information content (AvgIpc) is 3.01. The zero-order chi connectivity index (χ0) is 12.7. The molecule has 1 fully saturated rings. The molecule has 0 heterocycles. The molecule has 6 heteroatoms. The highest BCUT2D eigenvalue weighted by atomic mass is 79.9. The Balaban J connectivity index is 2.35. The van der Waals surface area contributed by atoms with Crippen molar-refractivity contribution < 1.29 is 13.5 Å². The monoisotopic (exact) mass is 319 g/mol. The molecular formula is C11H14BrNO3S. The van der Waals surface area contributed by atoms with Gasteiger partial charge >= 0.3 is 0 Å². The molecule has 4 nitrogen and oxygen atoms in total. The van der Waals surface area contributed by atoms with Crippen molar-refractivity contribution in [1.82, 2.24) is 4.72 Å². The molecule has 0 atom stereocenters. The van der Waals surface area contributed by atoms with E-state index in [1.54, 1.807) is 25.1 Å². The number of benzene rings is 1. The first kappa shape index (κ1) is 13.0. The highest BCUT2D eigenvalue weighted by Crippen LogP contribution is 2.36. The number of sulfonamides is 1. The second-order valence-corrected chi connectivity index (χ2v) is 7.02. The van der Waals surface area contributed by atoms with Gasteiger partial charge in [-0.1, -0.05) is 22.0 Å². The summed E-state index contributed by atoms with van der Waals surface area (Å²) in [7, 11) is -3.56. The largest absolute Gasteiger partial charge is 0.394 e. The van der Waals surface area contributed by atoms with Crippen molar-refractivity contribution in [3.63, 3.8) is 0 Å². The fourth-order valence-corrected chi connectivity index (χ4v) is 3.88. The van der Waals surface area contributed by atoms with Crippen LogP contribution in [0.2, 0.25) is 0 Å². The van der Waals surface area contributed by atoms with Crippen LogP contribution < -0.4 is 4.72 Å². The van der Waals surface area contributed by atoms with Gasteiger partial charge in [-0.3, -0.25) is 0 Å². The van der Waals surface area contributed by atoms with Crippen molar-refractivity contribution >= 4 is 26.0 Å². The van der Waals surface area contributed by atoms with Crippen molar-refractivity contribution in [2.24, 2.45) is 0 Å². The molecule has 1 aliphatic rings. The van der Waals surface area contributed by atoms with Gasteiger partial charge in [0, 0.05) is 4.47 Å². The Morgan fingerprint density at radius 3 is 2.65 bits per heavy atom. The van der Waals surface area contributed by atoms with Crippen LogP contribution in [-0.2, 0) is 10.0 Å². The van der Waals surface area contributed by atoms with Gasteiger partial charge in [0.15, 0.2) is 0 Å². The molecule has 0 amide bonds. The first-order valence-corrected chi connectivity index (χ1v) is 7.57. The zero-order valence-electron chi connectivity index (χ0n) is 9.40. The summed E-state index contributed by atoms with van der Waals surface area (Å²) in [5.74, 6) is 0. The molecule has 2 rings (SSSR count). The van der Waals surface area contributed by atoms with Gasteiger partial charge in [0.05, 0.1) is 17.0 Å². The van der Waals surface area contributed by atoms with E-state index in [1.807, 2.05) is 0 Å². The number of hydrogen-bond donors (Lipinski definition) is 2. The first-order chi connectivity index (χ1) is 7.88. The maximum atomic E-state index is 12.2. The number of halogens is 1. The molecular weight excluding hydrogens is 306 g/mol. The van der Waals surface area contributed by atoms with E-state index in [0.29, 0.717) is 18.4 Å². The van der Waals surface area contributed by atoms with Crippen LogP contribution in [0.15, 0.2) is 27.6 Å². The Bertz CT molecular complexity index is 538. The van der Waals surface area contributed by atoms with Crippen molar-refractivity contribution in [1.29, 1.82) is 0 Å². The van der Waals surface area contributed by atoms with Crippen LogP contribution in [0.4, 0.5) is 0 Å². The summed E-state index contributed by atoms with van der Waals surface area (Å²) in [6.07, 6.45) is 1.38. The molecule has 1 aliphatic carbocycles. The number of aliphatic hydroxyl groups excluding tert-OH is 1. The fourth-order valence-electron chi connectivity index (χ4n) is 1.65. The molecule has 1 aromatic rings. The third-order valence-electron chi connectivity index (χ3n) is 2.95. The van der Waals surface area contributed by atoms with Crippen molar-refractivity contribution in [2.75, 3.05) is 6.61 Å². The minimum atomic E-state index is -3.56. The predicted octanol–water partition coefficient (Wildman–Crippen LogP) is 1.56. The number of nitrogens with one attached hydrogen (secondary N) is 1. The fraction of sp³-hybridized carbons (Fsp3) is 0.455. The van der Waals surface area contributed by atoms with Crippen molar-refractivity contribution in [3.8, 4) is 0 Å². The minimum absolute atomic E-state index is 0.153. The minimum Gasteiger partial charge on any atom is -0.394 e. The van der Waals surface area contributed by atoms with E-state index in [-0.39, 0.29) is 11.5 Å². The predicted molar refractivity (Wildman–Crippen MR) is 68.3 cm³/mol. The molecule has 1 saturated carbocycles. The van der Waals surface area contributed by atoms with E-state index in [2.05, 4.69) is 20.7 Å². The van der Waals surface area contributed by atoms with Crippen LogP contribution in [0.1, 0.15) is 18.4 Å². The second-order valence-electron chi connectivity index (χ2n) is 4.45. The van der Waals surface area contributed by atoms with Gasteiger partial charge < -0.3 is 5.11 Å². The van der Waals surface area contributed by atoms with Crippen molar-refractivity contribution in [2.45, 2.75) is 30.2 Å². The lowest BCUT2D eigenvalue weighted by Gasteiger charge is -2.16. The van der Waals surface area contributed by atoms with Gasteiger partial charge in [-0.25, -0.2) is 13.1 Å². The average molecular weight is 320 g/mol. The van der Waals surface area contributed by atoms with Gasteiger partial charge in [-0.2, -0.15) is 0 Å².